The smallest absolute Gasteiger partial charge is 0.247 e. The van der Waals surface area contributed by atoms with E-state index in [-0.39, 0.29) is 28.7 Å². The van der Waals surface area contributed by atoms with Crippen molar-refractivity contribution >= 4 is 19.9 Å². The Morgan fingerprint density at radius 2 is 1.93 bits per heavy atom. The van der Waals surface area contributed by atoms with Crippen LogP contribution in [0.4, 0.5) is 0 Å². The van der Waals surface area contributed by atoms with Crippen LogP contribution in [0.25, 0.3) is 0 Å². The maximum Gasteiger partial charge on any atom is 0.247 e. The van der Waals surface area contributed by atoms with Crippen molar-refractivity contribution in [3.05, 3.63) is 18.2 Å². The van der Waals surface area contributed by atoms with E-state index in [4.69, 9.17) is 14.2 Å². The van der Waals surface area contributed by atoms with Gasteiger partial charge in [-0.2, -0.15) is 4.31 Å². The lowest BCUT2D eigenvalue weighted by Crippen LogP contribution is -2.43. The van der Waals surface area contributed by atoms with Crippen molar-refractivity contribution < 1.29 is 31.0 Å². The second-order valence-corrected chi connectivity index (χ2v) is 11.6. The molecule has 1 atom stereocenters. The van der Waals surface area contributed by atoms with Gasteiger partial charge in [-0.25, -0.2) is 16.8 Å². The Kier molecular flexibility index (Phi) is 7.61. The molecule has 0 aliphatic carbocycles. The SMILES string of the molecule is COc1ccc(S(=O)(=O)N(CCCN2CCOCC2)[C@H]2CCS(=O)(=O)C2)c(OC)c1. The van der Waals surface area contributed by atoms with E-state index in [2.05, 4.69) is 4.90 Å². The van der Waals surface area contributed by atoms with Crippen molar-refractivity contribution in [3.63, 3.8) is 0 Å². The zero-order valence-electron chi connectivity index (χ0n) is 17.4. The monoisotopic (exact) mass is 462 g/mol. The first-order valence-electron chi connectivity index (χ1n) is 10.0. The highest BCUT2D eigenvalue weighted by atomic mass is 32.2. The average molecular weight is 463 g/mol. The van der Waals surface area contributed by atoms with Crippen LogP contribution in [-0.4, -0.2) is 97.2 Å². The summed E-state index contributed by atoms with van der Waals surface area (Å²) >= 11 is 0. The molecule has 11 heteroatoms. The van der Waals surface area contributed by atoms with Crippen molar-refractivity contribution in [3.8, 4) is 11.5 Å². The van der Waals surface area contributed by atoms with E-state index in [1.807, 2.05) is 0 Å². The fourth-order valence-corrected chi connectivity index (χ4v) is 7.55. The molecule has 3 rings (SSSR count). The predicted molar refractivity (Wildman–Crippen MR) is 112 cm³/mol. The van der Waals surface area contributed by atoms with Gasteiger partial charge >= 0.3 is 0 Å². The van der Waals surface area contributed by atoms with Gasteiger partial charge in [0.2, 0.25) is 10.0 Å². The molecular formula is C19H30N2O7S2. The van der Waals surface area contributed by atoms with Crippen LogP contribution in [0.15, 0.2) is 23.1 Å². The maximum absolute atomic E-state index is 13.6. The van der Waals surface area contributed by atoms with Gasteiger partial charge in [0, 0.05) is 31.7 Å². The van der Waals surface area contributed by atoms with Gasteiger partial charge in [0.1, 0.15) is 16.4 Å². The molecule has 2 heterocycles. The molecule has 0 bridgehead atoms. The molecule has 2 aliphatic rings. The fourth-order valence-electron chi connectivity index (χ4n) is 3.89. The van der Waals surface area contributed by atoms with Gasteiger partial charge in [0.25, 0.3) is 0 Å². The molecule has 0 aromatic heterocycles. The minimum Gasteiger partial charge on any atom is -0.497 e. The molecule has 0 unspecified atom stereocenters. The van der Waals surface area contributed by atoms with Gasteiger partial charge < -0.3 is 14.2 Å². The van der Waals surface area contributed by atoms with Gasteiger partial charge in [-0.15, -0.1) is 0 Å². The molecule has 2 aliphatic heterocycles. The Morgan fingerprint density at radius 3 is 2.53 bits per heavy atom. The Hall–Kier alpha value is -1.40. The molecule has 0 saturated carbocycles. The Morgan fingerprint density at radius 1 is 1.20 bits per heavy atom. The summed E-state index contributed by atoms with van der Waals surface area (Å²) in [4.78, 5) is 2.25. The number of nitrogens with zero attached hydrogens (tertiary/aromatic N) is 2. The lowest BCUT2D eigenvalue weighted by atomic mass is 10.2. The van der Waals surface area contributed by atoms with Crippen LogP contribution in [0, 0.1) is 0 Å². The first kappa shape index (κ1) is 23.3. The molecule has 0 N–H and O–H groups in total. The quantitative estimate of drug-likeness (QED) is 0.526. The molecule has 1 aromatic rings. The molecule has 2 saturated heterocycles. The number of morpholine rings is 1. The van der Waals surface area contributed by atoms with Gasteiger partial charge in [-0.1, -0.05) is 0 Å². The van der Waals surface area contributed by atoms with Gasteiger partial charge in [-0.3, -0.25) is 4.90 Å². The molecule has 0 amide bonds. The number of benzene rings is 1. The Bertz CT molecular complexity index is 928. The average Bonchev–Trinajstić information content (AvgIpc) is 3.10. The summed E-state index contributed by atoms with van der Waals surface area (Å²) in [6, 6.07) is 3.96. The summed E-state index contributed by atoms with van der Waals surface area (Å²) in [7, 11) is -4.31. The van der Waals surface area contributed by atoms with E-state index in [0.717, 1.165) is 19.6 Å². The van der Waals surface area contributed by atoms with Gasteiger partial charge in [0.15, 0.2) is 9.84 Å². The van der Waals surface area contributed by atoms with Crippen LogP contribution in [0.5, 0.6) is 11.5 Å². The topological polar surface area (TPSA) is 102 Å². The third-order valence-corrected chi connectivity index (χ3v) is 9.27. The van der Waals surface area contributed by atoms with Crippen molar-refractivity contribution in [2.75, 3.05) is 65.1 Å². The summed E-state index contributed by atoms with van der Waals surface area (Å²) in [6.45, 7) is 3.95. The highest BCUT2D eigenvalue weighted by Gasteiger charge is 2.39. The van der Waals surface area contributed by atoms with E-state index in [1.54, 1.807) is 6.07 Å². The molecule has 30 heavy (non-hydrogen) atoms. The summed E-state index contributed by atoms with van der Waals surface area (Å²) in [5, 5.41) is 0. The first-order valence-corrected chi connectivity index (χ1v) is 13.3. The number of hydrogen-bond donors (Lipinski definition) is 0. The zero-order valence-corrected chi connectivity index (χ0v) is 19.1. The van der Waals surface area contributed by atoms with Gasteiger partial charge in [0.05, 0.1) is 38.9 Å². The number of methoxy groups -OCH3 is 2. The Balaban J connectivity index is 1.84. The van der Waals surface area contributed by atoms with E-state index >= 15 is 0 Å². The van der Waals surface area contributed by atoms with E-state index in [0.29, 0.717) is 31.8 Å². The third kappa shape index (κ3) is 5.44. The second kappa shape index (κ2) is 9.82. The molecule has 2 fully saturated rings. The fraction of sp³-hybridized carbons (Fsp3) is 0.684. The van der Waals surface area contributed by atoms with E-state index < -0.39 is 25.9 Å². The summed E-state index contributed by atoms with van der Waals surface area (Å²) in [5.74, 6) is 0.510. The van der Waals surface area contributed by atoms with Crippen LogP contribution in [0.2, 0.25) is 0 Å². The number of rotatable bonds is 9. The van der Waals surface area contributed by atoms with Crippen LogP contribution >= 0.6 is 0 Å². The van der Waals surface area contributed by atoms with E-state index in [1.165, 1.54) is 30.7 Å². The minimum absolute atomic E-state index is 0.00684. The van der Waals surface area contributed by atoms with Crippen molar-refractivity contribution in [2.45, 2.75) is 23.8 Å². The largest absolute Gasteiger partial charge is 0.497 e. The van der Waals surface area contributed by atoms with Crippen LogP contribution < -0.4 is 9.47 Å². The first-order chi connectivity index (χ1) is 14.3. The third-order valence-electron chi connectivity index (χ3n) is 5.53. The summed E-state index contributed by atoms with van der Waals surface area (Å²) < 4.78 is 68.4. The van der Waals surface area contributed by atoms with Crippen LogP contribution in [0.1, 0.15) is 12.8 Å². The normalized spacial score (nSPS) is 22.3. The standard InChI is InChI=1S/C19H30N2O7S2/c1-26-17-4-5-19(18(14-17)27-2)30(24,25)21(16-6-13-29(22,23)15-16)8-3-7-20-9-11-28-12-10-20/h4-5,14,16H,3,6-13,15H2,1-2H3/t16-/m0/s1. The summed E-state index contributed by atoms with van der Waals surface area (Å²) in [6.07, 6.45) is 0.909. The van der Waals surface area contributed by atoms with Crippen molar-refractivity contribution in [1.29, 1.82) is 0 Å². The summed E-state index contributed by atoms with van der Waals surface area (Å²) in [5.41, 5.74) is 0. The molecule has 0 spiro atoms. The molecule has 1 aromatic carbocycles. The predicted octanol–water partition coefficient (Wildman–Crippen LogP) is 0.604. The lowest BCUT2D eigenvalue weighted by molar-refractivity contribution is 0.0367. The van der Waals surface area contributed by atoms with Gasteiger partial charge in [-0.05, 0) is 31.5 Å². The second-order valence-electron chi connectivity index (χ2n) is 7.50. The zero-order chi connectivity index (χ0) is 21.8. The number of ether oxygens (including phenoxy) is 3. The molecule has 9 nitrogen and oxygen atoms in total. The lowest BCUT2D eigenvalue weighted by Gasteiger charge is -2.30. The van der Waals surface area contributed by atoms with Crippen molar-refractivity contribution in [1.82, 2.24) is 9.21 Å². The van der Waals surface area contributed by atoms with Crippen molar-refractivity contribution in [2.24, 2.45) is 0 Å². The van der Waals surface area contributed by atoms with Crippen LogP contribution in [0.3, 0.4) is 0 Å². The molecule has 0 radical (unpaired) electrons. The minimum atomic E-state index is -3.96. The maximum atomic E-state index is 13.6. The molecular weight excluding hydrogens is 432 g/mol. The highest BCUT2D eigenvalue weighted by molar-refractivity contribution is 7.92. The Labute approximate surface area is 178 Å². The number of sulfone groups is 1. The highest BCUT2D eigenvalue weighted by Crippen LogP contribution is 2.33. The van der Waals surface area contributed by atoms with E-state index in [9.17, 15) is 16.8 Å². The van der Waals surface area contributed by atoms with Crippen LogP contribution in [-0.2, 0) is 24.6 Å². The molecule has 170 valence electrons. The number of hydrogen-bond acceptors (Lipinski definition) is 8. The number of sulfonamides is 1.